The Labute approximate surface area is 216 Å². The predicted octanol–water partition coefficient (Wildman–Crippen LogP) is 6.39. The molecule has 8 heteroatoms. The molecule has 0 unspecified atom stereocenters. The van der Waals surface area contributed by atoms with Gasteiger partial charge in [-0.1, -0.05) is 30.3 Å². The van der Waals surface area contributed by atoms with Crippen LogP contribution in [0.15, 0.2) is 61.1 Å². The lowest BCUT2D eigenvalue weighted by Gasteiger charge is -2.28. The Bertz CT molecular complexity index is 1410. The number of halogens is 1. The van der Waals surface area contributed by atoms with E-state index < -0.39 is 16.8 Å². The first kappa shape index (κ1) is 26.0. The Morgan fingerprint density at radius 2 is 1.68 bits per heavy atom. The van der Waals surface area contributed by atoms with Gasteiger partial charge < -0.3 is 14.5 Å². The first-order valence-electron chi connectivity index (χ1n) is 12.0. The summed E-state index contributed by atoms with van der Waals surface area (Å²) in [6.45, 7) is 11.0. The fourth-order valence-corrected chi connectivity index (χ4v) is 3.61. The summed E-state index contributed by atoms with van der Waals surface area (Å²) in [5, 5.41) is 0. The molecule has 1 aromatic carbocycles. The van der Waals surface area contributed by atoms with Crippen LogP contribution in [-0.4, -0.2) is 38.1 Å². The Morgan fingerprint density at radius 3 is 2.32 bits per heavy atom. The van der Waals surface area contributed by atoms with E-state index in [9.17, 15) is 4.79 Å². The van der Waals surface area contributed by atoms with Gasteiger partial charge in [-0.3, -0.25) is 4.79 Å². The number of pyridine rings is 2. The summed E-state index contributed by atoms with van der Waals surface area (Å²) in [5.74, 6) is -0.117. The second-order valence-corrected chi connectivity index (χ2v) is 10.6. The zero-order valence-electron chi connectivity index (χ0n) is 21.9. The number of carbonyl (C=O) groups is 1. The van der Waals surface area contributed by atoms with Crippen LogP contribution in [0.25, 0.3) is 33.9 Å². The van der Waals surface area contributed by atoms with Crippen molar-refractivity contribution in [2.75, 3.05) is 6.61 Å². The van der Waals surface area contributed by atoms with Crippen molar-refractivity contribution in [2.45, 2.75) is 47.1 Å². The molecule has 0 spiro atoms. The minimum Gasteiger partial charge on any atom is -0.476 e. The molecular formula is C29H31FN4O3. The van der Waals surface area contributed by atoms with E-state index in [1.54, 1.807) is 38.5 Å². The Hall–Kier alpha value is -4.07. The number of nitrogens with zero attached hydrogens (tertiary/aromatic N) is 3. The van der Waals surface area contributed by atoms with Gasteiger partial charge in [-0.25, -0.2) is 19.3 Å². The smallest absolute Gasteiger partial charge is 0.315 e. The highest BCUT2D eigenvalue weighted by Gasteiger charge is 2.33. The van der Waals surface area contributed by atoms with Crippen molar-refractivity contribution in [1.82, 2.24) is 19.9 Å². The molecule has 0 radical (unpaired) electrons. The van der Waals surface area contributed by atoms with Gasteiger partial charge in [-0.2, -0.15) is 0 Å². The molecule has 192 valence electrons. The minimum absolute atomic E-state index is 0.104. The molecule has 4 rings (SSSR count). The number of H-pyrrole nitrogens is 1. The number of rotatable bonds is 7. The van der Waals surface area contributed by atoms with Crippen LogP contribution in [0.5, 0.6) is 5.88 Å². The summed E-state index contributed by atoms with van der Waals surface area (Å²) < 4.78 is 26.4. The van der Waals surface area contributed by atoms with Gasteiger partial charge in [-0.15, -0.1) is 0 Å². The van der Waals surface area contributed by atoms with E-state index in [1.165, 1.54) is 6.07 Å². The maximum atomic E-state index is 15.1. The molecule has 0 aliphatic heterocycles. The van der Waals surface area contributed by atoms with E-state index in [4.69, 9.17) is 9.47 Å². The van der Waals surface area contributed by atoms with Crippen LogP contribution >= 0.6 is 0 Å². The van der Waals surface area contributed by atoms with E-state index in [1.807, 2.05) is 58.0 Å². The van der Waals surface area contributed by atoms with Crippen molar-refractivity contribution < 1.29 is 18.7 Å². The third-order valence-corrected chi connectivity index (χ3v) is 5.66. The average Bonchev–Trinajstić information content (AvgIpc) is 3.32. The van der Waals surface area contributed by atoms with Gasteiger partial charge in [0.25, 0.3) is 0 Å². The normalized spacial score (nSPS) is 11.9. The summed E-state index contributed by atoms with van der Waals surface area (Å²) in [5.41, 5.74) is 2.59. The van der Waals surface area contributed by atoms with Gasteiger partial charge in [0, 0.05) is 29.6 Å². The topological polar surface area (TPSA) is 90.0 Å². The zero-order chi connectivity index (χ0) is 26.8. The molecule has 1 N–H and O–H groups in total. The Kier molecular flexibility index (Phi) is 7.12. The van der Waals surface area contributed by atoms with E-state index in [0.29, 0.717) is 17.3 Å². The molecule has 0 aliphatic carbocycles. The highest BCUT2D eigenvalue weighted by Crippen LogP contribution is 2.30. The molecule has 0 saturated carbocycles. The van der Waals surface area contributed by atoms with E-state index >= 15 is 4.39 Å². The molecule has 0 amide bonds. The molecule has 0 aliphatic rings. The van der Waals surface area contributed by atoms with Crippen molar-refractivity contribution >= 4 is 5.97 Å². The fourth-order valence-electron chi connectivity index (χ4n) is 3.61. The van der Waals surface area contributed by atoms with Gasteiger partial charge in [0.1, 0.15) is 17.9 Å². The van der Waals surface area contributed by atoms with Crippen LogP contribution in [0.2, 0.25) is 0 Å². The summed E-state index contributed by atoms with van der Waals surface area (Å²) in [6, 6.07) is 12.9. The SMILES string of the molecule is Cc1cc(OCC(C)(C)C(=O)OC(C)(C)C)ncc1-c1cnc(-c2ncc(-c3ccccc3)[nH]2)c(F)c1. The third kappa shape index (κ3) is 6.20. The summed E-state index contributed by atoms with van der Waals surface area (Å²) in [6.07, 6.45) is 4.87. The summed E-state index contributed by atoms with van der Waals surface area (Å²) >= 11 is 0. The van der Waals surface area contributed by atoms with Gasteiger partial charge in [0.05, 0.1) is 17.3 Å². The van der Waals surface area contributed by atoms with Crippen LogP contribution in [0.3, 0.4) is 0 Å². The second kappa shape index (κ2) is 10.1. The Morgan fingerprint density at radius 1 is 0.946 bits per heavy atom. The molecule has 3 heterocycles. The predicted molar refractivity (Wildman–Crippen MR) is 140 cm³/mol. The zero-order valence-corrected chi connectivity index (χ0v) is 21.9. The Balaban J connectivity index is 1.48. The second-order valence-electron chi connectivity index (χ2n) is 10.6. The highest BCUT2D eigenvalue weighted by atomic mass is 19.1. The number of benzene rings is 1. The lowest BCUT2D eigenvalue weighted by molar-refractivity contribution is -0.167. The average molecular weight is 503 g/mol. The number of carbonyl (C=O) groups excluding carboxylic acids is 1. The molecular weight excluding hydrogens is 471 g/mol. The molecule has 3 aromatic heterocycles. The monoisotopic (exact) mass is 502 g/mol. The van der Waals surface area contributed by atoms with Crippen LogP contribution in [0.4, 0.5) is 4.39 Å². The number of ether oxygens (including phenoxy) is 2. The van der Waals surface area contributed by atoms with Crippen molar-refractivity contribution in [1.29, 1.82) is 0 Å². The number of nitrogens with one attached hydrogen (secondary N) is 1. The highest BCUT2D eigenvalue weighted by molar-refractivity contribution is 5.76. The number of aryl methyl sites for hydroxylation is 1. The van der Waals surface area contributed by atoms with Gasteiger partial charge in [0.2, 0.25) is 5.88 Å². The third-order valence-electron chi connectivity index (χ3n) is 5.66. The van der Waals surface area contributed by atoms with Crippen molar-refractivity contribution in [3.63, 3.8) is 0 Å². The number of esters is 1. The lowest BCUT2D eigenvalue weighted by Crippen LogP contribution is -2.37. The van der Waals surface area contributed by atoms with Crippen LogP contribution in [0.1, 0.15) is 40.2 Å². The number of aromatic nitrogens is 4. The van der Waals surface area contributed by atoms with E-state index in [0.717, 1.165) is 22.4 Å². The van der Waals surface area contributed by atoms with Crippen LogP contribution in [-0.2, 0) is 9.53 Å². The summed E-state index contributed by atoms with van der Waals surface area (Å²) in [7, 11) is 0. The van der Waals surface area contributed by atoms with Crippen molar-refractivity contribution in [3.8, 4) is 39.8 Å². The van der Waals surface area contributed by atoms with Gasteiger partial charge in [0.15, 0.2) is 11.6 Å². The molecule has 4 aromatic rings. The molecule has 0 bridgehead atoms. The minimum atomic E-state index is -0.851. The van der Waals surface area contributed by atoms with Gasteiger partial charge in [-0.05, 0) is 58.7 Å². The van der Waals surface area contributed by atoms with Crippen molar-refractivity contribution in [2.24, 2.45) is 5.41 Å². The number of hydrogen-bond acceptors (Lipinski definition) is 6. The number of aromatic amines is 1. The largest absolute Gasteiger partial charge is 0.476 e. The maximum Gasteiger partial charge on any atom is 0.315 e. The van der Waals surface area contributed by atoms with Crippen LogP contribution < -0.4 is 4.74 Å². The molecule has 0 atom stereocenters. The van der Waals surface area contributed by atoms with E-state index in [-0.39, 0.29) is 18.3 Å². The van der Waals surface area contributed by atoms with Crippen molar-refractivity contribution in [3.05, 3.63) is 72.4 Å². The molecule has 7 nitrogen and oxygen atoms in total. The first-order valence-corrected chi connectivity index (χ1v) is 12.0. The van der Waals surface area contributed by atoms with E-state index in [2.05, 4.69) is 19.9 Å². The standard InChI is InChI=1S/C29H31FN4O3/c1-18-12-24(36-17-29(5,6)27(35)37-28(2,3)4)31-15-21(18)20-13-22(30)25(32-14-20)26-33-16-23(34-26)19-10-8-7-9-11-19/h7-16H,17H2,1-6H3,(H,33,34). The number of imidazole rings is 1. The molecule has 0 fully saturated rings. The first-order chi connectivity index (χ1) is 17.4. The quantitative estimate of drug-likeness (QED) is 0.294. The molecule has 0 saturated heterocycles. The lowest BCUT2D eigenvalue weighted by atomic mass is 9.94. The maximum absolute atomic E-state index is 15.1. The molecule has 37 heavy (non-hydrogen) atoms. The fraction of sp³-hybridized carbons (Fsp3) is 0.310. The number of hydrogen-bond donors (Lipinski definition) is 1. The van der Waals surface area contributed by atoms with Crippen LogP contribution in [0, 0.1) is 18.2 Å². The van der Waals surface area contributed by atoms with Gasteiger partial charge >= 0.3 is 5.97 Å². The summed E-state index contributed by atoms with van der Waals surface area (Å²) in [4.78, 5) is 28.6.